The molecule has 1 N–H and O–H groups in total. The average molecular weight is 576 g/mol. The van der Waals surface area contributed by atoms with Crippen molar-refractivity contribution < 1.29 is 24.0 Å². The summed E-state index contributed by atoms with van der Waals surface area (Å²) in [6, 6.07) is 29.4. The largest absolute Gasteiger partial charge is 0.462 e. The molecule has 0 unspecified atom stereocenters. The van der Waals surface area contributed by atoms with Crippen molar-refractivity contribution in [2.45, 2.75) is 6.92 Å². The first-order valence-corrected chi connectivity index (χ1v) is 13.2. The maximum absolute atomic E-state index is 14.1. The fourth-order valence-corrected chi connectivity index (χ4v) is 4.46. The Morgan fingerprint density at radius 3 is 1.95 bits per heavy atom. The van der Waals surface area contributed by atoms with E-state index in [4.69, 9.17) is 4.74 Å². The van der Waals surface area contributed by atoms with E-state index in [0.29, 0.717) is 22.6 Å². The lowest BCUT2D eigenvalue weighted by atomic mass is 9.99. The molecule has 0 aliphatic carbocycles. The number of allylic oxidation sites excluding steroid dienone is 1. The summed E-state index contributed by atoms with van der Waals surface area (Å²) in [5, 5.41) is 18.4. The second kappa shape index (κ2) is 12.6. The van der Waals surface area contributed by atoms with Gasteiger partial charge < -0.3 is 4.74 Å². The first-order chi connectivity index (χ1) is 20.9. The number of carbonyl (C=O) groups excluding carboxylic acids is 3. The molecule has 4 aromatic carbocycles. The molecule has 4 aromatic rings. The van der Waals surface area contributed by atoms with Crippen LogP contribution in [0.1, 0.15) is 22.8 Å². The van der Waals surface area contributed by atoms with Crippen LogP contribution < -0.4 is 15.4 Å². The number of non-ortho nitro benzene ring substituents is 1. The van der Waals surface area contributed by atoms with Crippen LogP contribution in [-0.2, 0) is 14.3 Å². The number of nitrogens with one attached hydrogen (secondary N) is 1. The number of benzene rings is 4. The van der Waals surface area contributed by atoms with E-state index in [1.165, 1.54) is 34.4 Å². The lowest BCUT2D eigenvalue weighted by molar-refractivity contribution is -0.384. The van der Waals surface area contributed by atoms with Gasteiger partial charge in [-0.2, -0.15) is 5.10 Å². The molecule has 0 aromatic heterocycles. The molecule has 0 atom stereocenters. The predicted molar refractivity (Wildman–Crippen MR) is 162 cm³/mol. The Labute approximate surface area is 246 Å². The third kappa shape index (κ3) is 6.00. The van der Waals surface area contributed by atoms with Crippen LogP contribution in [0.25, 0.3) is 5.57 Å². The summed E-state index contributed by atoms with van der Waals surface area (Å²) in [5.74, 6) is -1.72. The number of amides is 2. The minimum atomic E-state index is -0.633. The van der Waals surface area contributed by atoms with Gasteiger partial charge in [0.1, 0.15) is 5.57 Å². The van der Waals surface area contributed by atoms with Gasteiger partial charge in [-0.25, -0.2) is 14.8 Å². The summed E-state index contributed by atoms with van der Waals surface area (Å²) in [7, 11) is 0. The molecule has 0 spiro atoms. The summed E-state index contributed by atoms with van der Waals surface area (Å²) in [6.07, 6.45) is 1.28. The minimum Gasteiger partial charge on any atom is -0.462 e. The Morgan fingerprint density at radius 2 is 1.42 bits per heavy atom. The maximum Gasteiger partial charge on any atom is 0.338 e. The Bertz CT molecular complexity index is 1680. The van der Waals surface area contributed by atoms with E-state index in [-0.39, 0.29) is 29.0 Å². The Hall–Kier alpha value is -6.10. The highest BCUT2D eigenvalue weighted by molar-refractivity contribution is 6.43. The van der Waals surface area contributed by atoms with E-state index in [9.17, 15) is 24.5 Å². The number of rotatable bonds is 9. The van der Waals surface area contributed by atoms with Crippen molar-refractivity contribution in [3.8, 4) is 0 Å². The van der Waals surface area contributed by atoms with Crippen LogP contribution in [0.15, 0.2) is 120 Å². The van der Waals surface area contributed by atoms with E-state index >= 15 is 0 Å². The molecule has 214 valence electrons. The molecule has 1 aliphatic rings. The number of hydrazine groups is 1. The number of hydrazone groups is 1. The third-order valence-electron chi connectivity index (χ3n) is 6.43. The SMILES string of the molecule is CCOC(=O)c1ccc(NN=CC(=C2C(=O)N(c3ccccc3)N(c3ccccc3)C2=O)c2cccc([N+](=O)[O-])c2)cc1. The van der Waals surface area contributed by atoms with E-state index in [0.717, 1.165) is 0 Å². The van der Waals surface area contributed by atoms with Gasteiger partial charge in [0.2, 0.25) is 0 Å². The third-order valence-corrected chi connectivity index (χ3v) is 6.43. The monoisotopic (exact) mass is 575 g/mol. The maximum atomic E-state index is 14.1. The van der Waals surface area contributed by atoms with Gasteiger partial charge in [-0.15, -0.1) is 0 Å². The molecule has 1 saturated heterocycles. The average Bonchev–Trinajstić information content (AvgIpc) is 3.29. The van der Waals surface area contributed by atoms with Crippen LogP contribution in [-0.4, -0.2) is 35.5 Å². The van der Waals surface area contributed by atoms with Gasteiger partial charge in [0, 0.05) is 17.7 Å². The number of hydrogen-bond acceptors (Lipinski definition) is 8. The lowest BCUT2D eigenvalue weighted by Gasteiger charge is -2.27. The van der Waals surface area contributed by atoms with Gasteiger partial charge >= 0.3 is 5.97 Å². The summed E-state index contributed by atoms with van der Waals surface area (Å²) in [4.78, 5) is 51.1. The Balaban J connectivity index is 1.60. The van der Waals surface area contributed by atoms with Crippen molar-refractivity contribution in [2.24, 2.45) is 5.10 Å². The number of nitro groups is 1. The smallest absolute Gasteiger partial charge is 0.338 e. The molecule has 1 heterocycles. The van der Waals surface area contributed by atoms with Crippen molar-refractivity contribution >= 4 is 52.3 Å². The van der Waals surface area contributed by atoms with Crippen molar-refractivity contribution in [3.63, 3.8) is 0 Å². The molecule has 1 aliphatic heterocycles. The zero-order chi connectivity index (χ0) is 30.3. The number of hydrogen-bond donors (Lipinski definition) is 1. The van der Waals surface area contributed by atoms with Gasteiger partial charge in [-0.3, -0.25) is 25.1 Å². The summed E-state index contributed by atoms with van der Waals surface area (Å²) >= 11 is 0. The molecular formula is C32H25N5O6. The number of carbonyl (C=O) groups is 3. The number of anilines is 3. The first kappa shape index (κ1) is 28.4. The van der Waals surface area contributed by atoms with E-state index in [2.05, 4.69) is 10.5 Å². The zero-order valence-electron chi connectivity index (χ0n) is 22.9. The highest BCUT2D eigenvalue weighted by atomic mass is 16.6. The van der Waals surface area contributed by atoms with Gasteiger partial charge in [0.25, 0.3) is 17.5 Å². The standard InChI is InChI=1S/C32H25N5O6/c1-2-43-32(40)22-16-18-24(19-17-22)34-33-21-28(23-10-9-15-27(20-23)37(41)42)29-30(38)35(25-11-5-3-6-12-25)36(31(29)39)26-13-7-4-8-14-26/h3-21,34H,2H2,1H3. The quantitative estimate of drug-likeness (QED) is 0.0684. The Kier molecular flexibility index (Phi) is 8.33. The minimum absolute atomic E-state index is 0.0775. The first-order valence-electron chi connectivity index (χ1n) is 13.2. The van der Waals surface area contributed by atoms with E-state index < -0.39 is 22.7 Å². The van der Waals surface area contributed by atoms with E-state index in [1.54, 1.807) is 97.9 Å². The van der Waals surface area contributed by atoms with Gasteiger partial charge in [-0.1, -0.05) is 48.5 Å². The lowest BCUT2D eigenvalue weighted by Crippen LogP contribution is -2.41. The molecule has 5 rings (SSSR count). The fourth-order valence-electron chi connectivity index (χ4n) is 4.46. The molecular weight excluding hydrogens is 550 g/mol. The number of nitro benzene ring substituents is 1. The molecule has 2 amide bonds. The second-order valence-electron chi connectivity index (χ2n) is 9.17. The second-order valence-corrected chi connectivity index (χ2v) is 9.17. The number of para-hydroxylation sites is 2. The molecule has 11 heteroatoms. The molecule has 1 fully saturated rings. The van der Waals surface area contributed by atoms with Crippen molar-refractivity contribution in [3.05, 3.63) is 136 Å². The van der Waals surface area contributed by atoms with E-state index in [1.807, 2.05) is 0 Å². The van der Waals surface area contributed by atoms with Crippen LogP contribution in [0.4, 0.5) is 22.7 Å². The summed E-state index contributed by atoms with van der Waals surface area (Å²) in [5.41, 5.74) is 4.48. The van der Waals surface area contributed by atoms with Crippen LogP contribution in [0.2, 0.25) is 0 Å². The molecule has 11 nitrogen and oxygen atoms in total. The number of esters is 1. The number of ether oxygens (including phenoxy) is 1. The van der Waals surface area contributed by atoms with Gasteiger partial charge in [0.05, 0.1) is 40.4 Å². The highest BCUT2D eigenvalue weighted by Gasteiger charge is 2.44. The number of nitrogens with zero attached hydrogens (tertiary/aromatic N) is 4. The molecule has 0 radical (unpaired) electrons. The fraction of sp³-hybridized carbons (Fsp3) is 0.0625. The topological polar surface area (TPSA) is 134 Å². The Morgan fingerprint density at radius 1 is 0.837 bits per heavy atom. The highest BCUT2D eigenvalue weighted by Crippen LogP contribution is 2.35. The summed E-state index contributed by atoms with van der Waals surface area (Å²) in [6.45, 7) is 1.97. The zero-order valence-corrected chi connectivity index (χ0v) is 22.9. The van der Waals surface area contributed by atoms with Gasteiger partial charge in [-0.05, 0) is 61.0 Å². The van der Waals surface area contributed by atoms with Crippen LogP contribution >= 0.6 is 0 Å². The van der Waals surface area contributed by atoms with Gasteiger partial charge in [0.15, 0.2) is 0 Å². The molecule has 43 heavy (non-hydrogen) atoms. The summed E-state index contributed by atoms with van der Waals surface area (Å²) < 4.78 is 5.00. The van der Waals surface area contributed by atoms with Crippen molar-refractivity contribution in [2.75, 3.05) is 22.1 Å². The molecule has 0 saturated carbocycles. The predicted octanol–water partition coefficient (Wildman–Crippen LogP) is 5.62. The van der Waals surface area contributed by atoms with Crippen LogP contribution in [0, 0.1) is 10.1 Å². The van der Waals surface area contributed by atoms with Crippen molar-refractivity contribution in [1.29, 1.82) is 0 Å². The van der Waals surface area contributed by atoms with Crippen molar-refractivity contribution in [1.82, 2.24) is 0 Å². The van der Waals surface area contributed by atoms with Crippen LogP contribution in [0.5, 0.6) is 0 Å². The van der Waals surface area contributed by atoms with Crippen LogP contribution in [0.3, 0.4) is 0 Å². The molecule has 0 bridgehead atoms. The normalized spacial score (nSPS) is 13.0.